The van der Waals surface area contributed by atoms with Crippen molar-refractivity contribution in [3.8, 4) is 0 Å². The van der Waals surface area contributed by atoms with Crippen molar-refractivity contribution in [1.29, 1.82) is 0 Å². The van der Waals surface area contributed by atoms with Gasteiger partial charge in [-0.25, -0.2) is 4.79 Å². The number of hydrogen-bond donors (Lipinski definition) is 2. The van der Waals surface area contributed by atoms with Crippen LogP contribution in [0.15, 0.2) is 91.0 Å². The largest absolute Gasteiger partial charge is 0.331 e. The van der Waals surface area contributed by atoms with Crippen molar-refractivity contribution in [2.75, 3.05) is 5.32 Å². The number of rotatable bonds is 6. The SMILES string of the molecule is CC(NC(=O)Nc1ccccc1C=Cc1ccc([N+](=O)[O-])cc1)c1cccc2ccccc12. The number of carbonyl (C=O) groups is 1. The molecule has 1 unspecified atom stereocenters. The fourth-order valence-electron chi connectivity index (χ4n) is 3.71. The van der Waals surface area contributed by atoms with Crippen molar-refractivity contribution in [2.45, 2.75) is 13.0 Å². The molecule has 4 aromatic carbocycles. The van der Waals surface area contributed by atoms with Crippen molar-refractivity contribution in [3.63, 3.8) is 0 Å². The summed E-state index contributed by atoms with van der Waals surface area (Å²) in [5.74, 6) is 0. The molecule has 0 aliphatic carbocycles. The van der Waals surface area contributed by atoms with Gasteiger partial charge in [0.25, 0.3) is 5.69 Å². The monoisotopic (exact) mass is 437 g/mol. The fraction of sp³-hybridized carbons (Fsp3) is 0.0741. The maximum absolute atomic E-state index is 12.7. The molecule has 1 atom stereocenters. The molecular weight excluding hydrogens is 414 g/mol. The first-order valence-electron chi connectivity index (χ1n) is 10.6. The zero-order chi connectivity index (χ0) is 23.2. The highest BCUT2D eigenvalue weighted by Gasteiger charge is 2.13. The van der Waals surface area contributed by atoms with Crippen molar-refractivity contribution in [2.24, 2.45) is 0 Å². The number of hydrogen-bond acceptors (Lipinski definition) is 3. The highest BCUT2D eigenvalue weighted by Crippen LogP contribution is 2.25. The third-order valence-electron chi connectivity index (χ3n) is 5.41. The molecule has 4 aromatic rings. The average Bonchev–Trinajstić information content (AvgIpc) is 2.83. The van der Waals surface area contributed by atoms with Crippen molar-refractivity contribution in [3.05, 3.63) is 118 Å². The van der Waals surface area contributed by atoms with Crippen LogP contribution in [0.2, 0.25) is 0 Å². The Labute approximate surface area is 191 Å². The van der Waals surface area contributed by atoms with Gasteiger partial charge in [0, 0.05) is 17.8 Å². The molecule has 6 nitrogen and oxygen atoms in total. The number of nitrogens with one attached hydrogen (secondary N) is 2. The Hall–Kier alpha value is -4.45. The lowest BCUT2D eigenvalue weighted by atomic mass is 10.00. The Morgan fingerprint density at radius 1 is 0.879 bits per heavy atom. The fourth-order valence-corrected chi connectivity index (χ4v) is 3.71. The smallest absolute Gasteiger partial charge is 0.319 e. The predicted molar refractivity (Wildman–Crippen MR) is 133 cm³/mol. The molecule has 0 fully saturated rings. The molecule has 33 heavy (non-hydrogen) atoms. The number of amides is 2. The van der Waals surface area contributed by atoms with Gasteiger partial charge >= 0.3 is 6.03 Å². The number of fused-ring (bicyclic) bond motifs is 1. The van der Waals surface area contributed by atoms with Crippen LogP contribution in [-0.4, -0.2) is 11.0 Å². The van der Waals surface area contributed by atoms with E-state index in [-0.39, 0.29) is 17.8 Å². The van der Waals surface area contributed by atoms with E-state index in [2.05, 4.69) is 28.8 Å². The standard InChI is InChI=1S/C27H23N3O3/c1-19(24-11-6-9-21-7-2-4-10-25(21)24)28-27(31)29-26-12-5-3-8-22(26)16-13-20-14-17-23(18-15-20)30(32)33/h2-19H,1H3,(H2,28,29,31). The minimum absolute atomic E-state index is 0.0474. The lowest BCUT2D eigenvalue weighted by Gasteiger charge is -2.18. The van der Waals surface area contributed by atoms with Gasteiger partial charge in [-0.15, -0.1) is 0 Å². The van der Waals surface area contributed by atoms with Crippen molar-refractivity contribution >= 4 is 40.3 Å². The highest BCUT2D eigenvalue weighted by atomic mass is 16.6. The quantitative estimate of drug-likeness (QED) is 0.198. The first kappa shape index (κ1) is 21.8. The summed E-state index contributed by atoms with van der Waals surface area (Å²) >= 11 is 0. The minimum Gasteiger partial charge on any atom is -0.331 e. The zero-order valence-electron chi connectivity index (χ0n) is 18.1. The van der Waals surface area contributed by atoms with Gasteiger partial charge < -0.3 is 10.6 Å². The summed E-state index contributed by atoms with van der Waals surface area (Å²) in [6.07, 6.45) is 3.71. The summed E-state index contributed by atoms with van der Waals surface area (Å²) < 4.78 is 0. The molecule has 0 spiro atoms. The number of nitro benzene ring substituents is 1. The molecule has 2 N–H and O–H groups in total. The van der Waals surface area contributed by atoms with E-state index in [4.69, 9.17) is 0 Å². The predicted octanol–water partition coefficient (Wildman–Crippen LogP) is 6.80. The zero-order valence-corrected chi connectivity index (χ0v) is 18.1. The van der Waals surface area contributed by atoms with Gasteiger partial charge in [-0.05, 0) is 52.6 Å². The molecule has 0 radical (unpaired) electrons. The highest BCUT2D eigenvalue weighted by molar-refractivity contribution is 5.93. The minimum atomic E-state index is -0.426. The summed E-state index contributed by atoms with van der Waals surface area (Å²) in [6.45, 7) is 1.96. The lowest BCUT2D eigenvalue weighted by Crippen LogP contribution is -2.31. The molecule has 2 amide bonds. The van der Waals surface area contributed by atoms with E-state index in [9.17, 15) is 14.9 Å². The number of urea groups is 1. The van der Waals surface area contributed by atoms with Crippen LogP contribution < -0.4 is 10.6 Å². The summed E-state index contributed by atoms with van der Waals surface area (Å²) in [4.78, 5) is 23.1. The van der Waals surface area contributed by atoms with E-state index < -0.39 is 4.92 Å². The third kappa shape index (κ3) is 5.25. The van der Waals surface area contributed by atoms with Crippen LogP contribution in [0.1, 0.15) is 29.7 Å². The normalized spacial score (nSPS) is 11.9. The number of benzene rings is 4. The number of non-ortho nitro benzene ring substituents is 1. The molecule has 0 aromatic heterocycles. The van der Waals surface area contributed by atoms with Gasteiger partial charge in [0.05, 0.1) is 11.0 Å². The molecule has 0 saturated carbocycles. The topological polar surface area (TPSA) is 84.3 Å². The molecule has 0 aliphatic rings. The Morgan fingerprint density at radius 3 is 2.36 bits per heavy atom. The summed E-state index contributed by atoms with van der Waals surface area (Å²) in [5, 5.41) is 19.0. The van der Waals surface area contributed by atoms with Crippen molar-refractivity contribution < 1.29 is 9.72 Å². The summed E-state index contributed by atoms with van der Waals surface area (Å²) in [7, 11) is 0. The van der Waals surface area contributed by atoms with Gasteiger partial charge in [-0.3, -0.25) is 10.1 Å². The van der Waals surface area contributed by atoms with E-state index >= 15 is 0 Å². The number of carbonyl (C=O) groups excluding carboxylic acids is 1. The number of nitrogens with zero attached hydrogens (tertiary/aromatic N) is 1. The maximum atomic E-state index is 12.7. The van der Waals surface area contributed by atoms with E-state index in [0.29, 0.717) is 5.69 Å². The van der Waals surface area contributed by atoms with Gasteiger partial charge in [0.15, 0.2) is 0 Å². The summed E-state index contributed by atoms with van der Waals surface area (Å²) in [5.41, 5.74) is 3.41. The number of para-hydroxylation sites is 1. The molecule has 4 rings (SSSR count). The van der Waals surface area contributed by atoms with E-state index in [1.54, 1.807) is 12.1 Å². The van der Waals surface area contributed by atoms with Gasteiger partial charge in [0.1, 0.15) is 0 Å². The second-order valence-corrected chi connectivity index (χ2v) is 7.66. The average molecular weight is 437 g/mol. The summed E-state index contributed by atoms with van der Waals surface area (Å²) in [6, 6.07) is 27.4. The second kappa shape index (κ2) is 9.78. The Kier molecular flexibility index (Phi) is 6.45. The molecule has 6 heteroatoms. The third-order valence-corrected chi connectivity index (χ3v) is 5.41. The number of anilines is 1. The van der Waals surface area contributed by atoms with Crippen molar-refractivity contribution in [1.82, 2.24) is 5.32 Å². The first-order chi connectivity index (χ1) is 16.0. The molecule has 0 saturated heterocycles. The lowest BCUT2D eigenvalue weighted by molar-refractivity contribution is -0.384. The molecular formula is C27H23N3O3. The van der Waals surface area contributed by atoms with Crippen LogP contribution >= 0.6 is 0 Å². The molecule has 164 valence electrons. The van der Waals surface area contributed by atoms with Gasteiger partial charge in [0.2, 0.25) is 0 Å². The molecule has 0 heterocycles. The first-order valence-corrected chi connectivity index (χ1v) is 10.6. The number of nitro groups is 1. The molecule has 0 bridgehead atoms. The molecule has 0 aliphatic heterocycles. The Bertz CT molecular complexity index is 1320. The van der Waals surface area contributed by atoms with Crippen LogP contribution in [-0.2, 0) is 0 Å². The van der Waals surface area contributed by atoms with Gasteiger partial charge in [-0.2, -0.15) is 0 Å². The van der Waals surface area contributed by atoms with Crippen LogP contribution in [0.25, 0.3) is 22.9 Å². The second-order valence-electron chi connectivity index (χ2n) is 7.66. The Balaban J connectivity index is 1.47. The van der Waals surface area contributed by atoms with Crippen LogP contribution in [0, 0.1) is 10.1 Å². The Morgan fingerprint density at radius 2 is 1.58 bits per heavy atom. The maximum Gasteiger partial charge on any atom is 0.319 e. The van der Waals surface area contributed by atoms with E-state index in [1.807, 2.05) is 67.6 Å². The van der Waals surface area contributed by atoms with E-state index in [0.717, 1.165) is 27.5 Å². The van der Waals surface area contributed by atoms with Crippen LogP contribution in [0.3, 0.4) is 0 Å². The van der Waals surface area contributed by atoms with E-state index in [1.165, 1.54) is 12.1 Å². The van der Waals surface area contributed by atoms with Crippen LogP contribution in [0.4, 0.5) is 16.2 Å². The van der Waals surface area contributed by atoms with Crippen LogP contribution in [0.5, 0.6) is 0 Å². The van der Waals surface area contributed by atoms with Gasteiger partial charge in [-0.1, -0.05) is 72.8 Å².